The summed E-state index contributed by atoms with van der Waals surface area (Å²) in [6, 6.07) is 7.27. The first-order valence-electron chi connectivity index (χ1n) is 8.13. The minimum atomic E-state index is 0.471. The number of rotatable bonds is 7. The standard InChI is InChI=1S/C18H29NO/c1-4-11-19-18(10-9-16-6-5-12-20-16)17-13-14(2)7-8-15(17)3/h7-8,13,16,18-19H,4-6,9-12H2,1-3H3. The molecule has 1 aliphatic heterocycles. The van der Waals surface area contributed by atoms with Crippen molar-refractivity contribution < 1.29 is 4.74 Å². The first-order chi connectivity index (χ1) is 9.70. The zero-order chi connectivity index (χ0) is 14.4. The van der Waals surface area contributed by atoms with E-state index in [0.717, 1.165) is 13.2 Å². The largest absolute Gasteiger partial charge is 0.378 e. The van der Waals surface area contributed by atoms with Gasteiger partial charge in [0.15, 0.2) is 0 Å². The number of hydrogen-bond donors (Lipinski definition) is 1. The van der Waals surface area contributed by atoms with E-state index in [0.29, 0.717) is 12.1 Å². The fraction of sp³-hybridized carbons (Fsp3) is 0.667. The van der Waals surface area contributed by atoms with Crippen LogP contribution < -0.4 is 5.32 Å². The smallest absolute Gasteiger partial charge is 0.0576 e. The van der Waals surface area contributed by atoms with Crippen LogP contribution in [0, 0.1) is 13.8 Å². The van der Waals surface area contributed by atoms with E-state index in [1.54, 1.807) is 0 Å². The molecule has 0 bridgehead atoms. The molecule has 2 rings (SSSR count). The molecule has 1 aliphatic rings. The average molecular weight is 275 g/mol. The molecule has 2 atom stereocenters. The van der Waals surface area contributed by atoms with Gasteiger partial charge in [0.1, 0.15) is 0 Å². The molecule has 20 heavy (non-hydrogen) atoms. The summed E-state index contributed by atoms with van der Waals surface area (Å²) in [6.45, 7) is 8.68. The molecule has 1 saturated heterocycles. The van der Waals surface area contributed by atoms with Crippen LogP contribution in [-0.4, -0.2) is 19.3 Å². The van der Waals surface area contributed by atoms with E-state index in [2.05, 4.69) is 44.3 Å². The molecule has 0 saturated carbocycles. The highest BCUT2D eigenvalue weighted by Gasteiger charge is 2.19. The lowest BCUT2D eigenvalue weighted by molar-refractivity contribution is 0.0995. The van der Waals surface area contributed by atoms with Gasteiger partial charge in [-0.1, -0.05) is 30.7 Å². The van der Waals surface area contributed by atoms with Gasteiger partial charge in [0.05, 0.1) is 6.10 Å². The number of hydrogen-bond acceptors (Lipinski definition) is 2. The first kappa shape index (κ1) is 15.5. The molecule has 0 aliphatic carbocycles. The van der Waals surface area contributed by atoms with Crippen LogP contribution in [0.2, 0.25) is 0 Å². The predicted molar refractivity (Wildman–Crippen MR) is 85.2 cm³/mol. The van der Waals surface area contributed by atoms with Crippen molar-refractivity contribution in [2.45, 2.75) is 65.0 Å². The summed E-state index contributed by atoms with van der Waals surface area (Å²) >= 11 is 0. The molecule has 1 heterocycles. The Kier molecular flexibility index (Phi) is 6.06. The maximum Gasteiger partial charge on any atom is 0.0576 e. The van der Waals surface area contributed by atoms with Gasteiger partial charge in [0.25, 0.3) is 0 Å². The van der Waals surface area contributed by atoms with Gasteiger partial charge < -0.3 is 10.1 Å². The van der Waals surface area contributed by atoms with Crippen LogP contribution in [0.3, 0.4) is 0 Å². The van der Waals surface area contributed by atoms with Crippen molar-refractivity contribution in [3.05, 3.63) is 34.9 Å². The highest BCUT2D eigenvalue weighted by Crippen LogP contribution is 2.26. The molecule has 1 aromatic carbocycles. The Morgan fingerprint density at radius 2 is 2.20 bits per heavy atom. The fourth-order valence-electron chi connectivity index (χ4n) is 3.05. The van der Waals surface area contributed by atoms with Gasteiger partial charge in [0.2, 0.25) is 0 Å². The van der Waals surface area contributed by atoms with Gasteiger partial charge >= 0.3 is 0 Å². The molecular weight excluding hydrogens is 246 g/mol. The second kappa shape index (κ2) is 7.80. The van der Waals surface area contributed by atoms with Crippen molar-refractivity contribution in [3.63, 3.8) is 0 Å². The minimum Gasteiger partial charge on any atom is -0.378 e. The van der Waals surface area contributed by atoms with Crippen LogP contribution in [-0.2, 0) is 4.74 Å². The molecule has 1 fully saturated rings. The Hall–Kier alpha value is -0.860. The summed E-state index contributed by atoms with van der Waals surface area (Å²) in [6.07, 6.45) is 6.51. The van der Waals surface area contributed by atoms with E-state index in [1.807, 2.05) is 0 Å². The van der Waals surface area contributed by atoms with Crippen molar-refractivity contribution in [2.24, 2.45) is 0 Å². The summed E-state index contributed by atoms with van der Waals surface area (Å²) in [5.74, 6) is 0. The first-order valence-corrected chi connectivity index (χ1v) is 8.13. The van der Waals surface area contributed by atoms with E-state index in [9.17, 15) is 0 Å². The maximum atomic E-state index is 5.77. The molecule has 0 aromatic heterocycles. The Labute approximate surface area is 123 Å². The maximum absolute atomic E-state index is 5.77. The second-order valence-electron chi connectivity index (χ2n) is 6.08. The Bertz CT molecular complexity index is 410. The van der Waals surface area contributed by atoms with Crippen molar-refractivity contribution >= 4 is 0 Å². The third kappa shape index (κ3) is 4.32. The molecule has 0 amide bonds. The summed E-state index contributed by atoms with van der Waals surface area (Å²) in [5, 5.41) is 3.72. The summed E-state index contributed by atoms with van der Waals surface area (Å²) in [5.41, 5.74) is 4.22. The van der Waals surface area contributed by atoms with Crippen LogP contribution in [0.1, 0.15) is 61.8 Å². The summed E-state index contributed by atoms with van der Waals surface area (Å²) in [4.78, 5) is 0. The lowest BCUT2D eigenvalue weighted by Gasteiger charge is -2.23. The molecule has 2 unspecified atom stereocenters. The SMILES string of the molecule is CCCNC(CCC1CCCO1)c1cc(C)ccc1C. The van der Waals surface area contributed by atoms with Gasteiger partial charge in [-0.2, -0.15) is 0 Å². The molecule has 0 spiro atoms. The van der Waals surface area contributed by atoms with E-state index < -0.39 is 0 Å². The third-order valence-electron chi connectivity index (χ3n) is 4.25. The van der Waals surface area contributed by atoms with E-state index in [1.165, 1.54) is 48.8 Å². The molecular formula is C18H29NO. The van der Waals surface area contributed by atoms with Gasteiger partial charge in [-0.05, 0) is 63.6 Å². The lowest BCUT2D eigenvalue weighted by Crippen LogP contribution is -2.24. The Morgan fingerprint density at radius 1 is 1.35 bits per heavy atom. The zero-order valence-corrected chi connectivity index (χ0v) is 13.2. The van der Waals surface area contributed by atoms with E-state index in [-0.39, 0.29) is 0 Å². The Balaban J connectivity index is 2.02. The van der Waals surface area contributed by atoms with Crippen LogP contribution >= 0.6 is 0 Å². The van der Waals surface area contributed by atoms with Crippen LogP contribution in [0.15, 0.2) is 18.2 Å². The molecule has 2 nitrogen and oxygen atoms in total. The van der Waals surface area contributed by atoms with Crippen LogP contribution in [0.25, 0.3) is 0 Å². The lowest BCUT2D eigenvalue weighted by atomic mass is 9.94. The van der Waals surface area contributed by atoms with Gasteiger partial charge in [0, 0.05) is 12.6 Å². The second-order valence-corrected chi connectivity index (χ2v) is 6.08. The molecule has 1 aromatic rings. The normalized spacial score (nSPS) is 20.2. The number of nitrogens with one attached hydrogen (secondary N) is 1. The average Bonchev–Trinajstić information content (AvgIpc) is 2.95. The van der Waals surface area contributed by atoms with E-state index >= 15 is 0 Å². The predicted octanol–water partition coefficient (Wildman–Crippen LogP) is 4.30. The topological polar surface area (TPSA) is 21.3 Å². The number of ether oxygens (including phenoxy) is 1. The van der Waals surface area contributed by atoms with Crippen molar-refractivity contribution in [1.29, 1.82) is 0 Å². The zero-order valence-electron chi connectivity index (χ0n) is 13.2. The quantitative estimate of drug-likeness (QED) is 0.801. The Morgan fingerprint density at radius 3 is 2.90 bits per heavy atom. The molecule has 0 radical (unpaired) electrons. The molecule has 1 N–H and O–H groups in total. The third-order valence-corrected chi connectivity index (χ3v) is 4.25. The van der Waals surface area contributed by atoms with Gasteiger partial charge in [-0.3, -0.25) is 0 Å². The van der Waals surface area contributed by atoms with Gasteiger partial charge in [-0.15, -0.1) is 0 Å². The fourth-order valence-corrected chi connectivity index (χ4v) is 3.05. The van der Waals surface area contributed by atoms with E-state index in [4.69, 9.17) is 4.74 Å². The summed E-state index contributed by atoms with van der Waals surface area (Å²) < 4.78 is 5.77. The highest BCUT2D eigenvalue weighted by atomic mass is 16.5. The van der Waals surface area contributed by atoms with Crippen molar-refractivity contribution in [1.82, 2.24) is 5.32 Å². The van der Waals surface area contributed by atoms with Crippen LogP contribution in [0.5, 0.6) is 0 Å². The minimum absolute atomic E-state index is 0.471. The van der Waals surface area contributed by atoms with Gasteiger partial charge in [-0.25, -0.2) is 0 Å². The highest BCUT2D eigenvalue weighted by molar-refractivity contribution is 5.33. The summed E-state index contributed by atoms with van der Waals surface area (Å²) in [7, 11) is 0. The van der Waals surface area contributed by atoms with Crippen LogP contribution in [0.4, 0.5) is 0 Å². The molecule has 112 valence electrons. The number of aryl methyl sites for hydroxylation is 2. The van der Waals surface area contributed by atoms with Crippen molar-refractivity contribution in [2.75, 3.05) is 13.2 Å². The number of benzene rings is 1. The monoisotopic (exact) mass is 275 g/mol. The molecule has 2 heteroatoms. The van der Waals surface area contributed by atoms with Crippen molar-refractivity contribution in [3.8, 4) is 0 Å².